The van der Waals surface area contributed by atoms with Crippen molar-refractivity contribution >= 4 is 5.91 Å². The first kappa shape index (κ1) is 13.4. The van der Waals surface area contributed by atoms with Crippen LogP contribution in [-0.4, -0.2) is 32.0 Å². The molecule has 0 aliphatic carbocycles. The average molecular weight is 244 g/mol. The average Bonchev–Trinajstić information content (AvgIpc) is 2.36. The standard InChI is InChI=1S/C11H14F2N2O2/c1-17-9-4-2-8(3-5-9)10(16)15-7-11(12,13)6-14/h2-5H,6-7,14H2,1H3,(H,15,16). The second-order valence-electron chi connectivity index (χ2n) is 3.47. The zero-order valence-electron chi connectivity index (χ0n) is 9.37. The number of carbonyl (C=O) groups excluding carboxylic acids is 1. The van der Waals surface area contributed by atoms with Crippen molar-refractivity contribution in [3.05, 3.63) is 29.8 Å². The number of carbonyl (C=O) groups is 1. The first-order valence-corrected chi connectivity index (χ1v) is 4.98. The van der Waals surface area contributed by atoms with E-state index in [0.717, 1.165) is 0 Å². The molecule has 17 heavy (non-hydrogen) atoms. The molecule has 1 aromatic rings. The number of rotatable bonds is 5. The fraction of sp³-hybridized carbons (Fsp3) is 0.364. The lowest BCUT2D eigenvalue weighted by Gasteiger charge is -2.14. The number of hydrogen-bond acceptors (Lipinski definition) is 3. The van der Waals surface area contributed by atoms with Crippen LogP contribution in [0, 0.1) is 0 Å². The highest BCUT2D eigenvalue weighted by Gasteiger charge is 2.27. The molecule has 4 nitrogen and oxygen atoms in total. The number of ether oxygens (including phenoxy) is 1. The van der Waals surface area contributed by atoms with E-state index >= 15 is 0 Å². The largest absolute Gasteiger partial charge is 0.497 e. The maximum Gasteiger partial charge on any atom is 0.277 e. The number of nitrogens with two attached hydrogens (primary N) is 1. The molecule has 0 aromatic heterocycles. The minimum atomic E-state index is -3.08. The van der Waals surface area contributed by atoms with Crippen LogP contribution in [-0.2, 0) is 0 Å². The van der Waals surface area contributed by atoms with Crippen LogP contribution in [0.5, 0.6) is 5.75 Å². The van der Waals surface area contributed by atoms with Crippen LogP contribution in [0.4, 0.5) is 8.78 Å². The maximum absolute atomic E-state index is 12.8. The Balaban J connectivity index is 2.58. The van der Waals surface area contributed by atoms with Crippen molar-refractivity contribution in [2.45, 2.75) is 5.92 Å². The third kappa shape index (κ3) is 3.99. The second-order valence-corrected chi connectivity index (χ2v) is 3.47. The van der Waals surface area contributed by atoms with Crippen molar-refractivity contribution in [3.8, 4) is 5.75 Å². The minimum Gasteiger partial charge on any atom is -0.497 e. The van der Waals surface area contributed by atoms with Crippen LogP contribution in [0.3, 0.4) is 0 Å². The van der Waals surface area contributed by atoms with Gasteiger partial charge in [-0.15, -0.1) is 0 Å². The van der Waals surface area contributed by atoms with E-state index in [-0.39, 0.29) is 0 Å². The van der Waals surface area contributed by atoms with Crippen LogP contribution in [0.1, 0.15) is 10.4 Å². The van der Waals surface area contributed by atoms with Gasteiger partial charge in [0.2, 0.25) is 0 Å². The summed E-state index contributed by atoms with van der Waals surface area (Å²) in [4.78, 5) is 11.5. The van der Waals surface area contributed by atoms with Gasteiger partial charge in [-0.2, -0.15) is 0 Å². The molecule has 0 aliphatic rings. The molecule has 94 valence electrons. The fourth-order valence-corrected chi connectivity index (χ4v) is 1.13. The molecular weight excluding hydrogens is 230 g/mol. The van der Waals surface area contributed by atoms with E-state index in [2.05, 4.69) is 5.32 Å². The Kier molecular flexibility index (Phi) is 4.39. The zero-order chi connectivity index (χ0) is 12.9. The van der Waals surface area contributed by atoms with Gasteiger partial charge in [-0.3, -0.25) is 4.79 Å². The summed E-state index contributed by atoms with van der Waals surface area (Å²) >= 11 is 0. The predicted octanol–water partition coefficient (Wildman–Crippen LogP) is 1.02. The van der Waals surface area contributed by atoms with Gasteiger partial charge in [-0.25, -0.2) is 8.78 Å². The highest BCUT2D eigenvalue weighted by atomic mass is 19.3. The van der Waals surface area contributed by atoms with E-state index in [1.165, 1.54) is 19.2 Å². The van der Waals surface area contributed by atoms with E-state index in [1.54, 1.807) is 12.1 Å². The first-order valence-electron chi connectivity index (χ1n) is 4.98. The Bertz CT molecular complexity index is 380. The molecule has 6 heteroatoms. The highest BCUT2D eigenvalue weighted by Crippen LogP contribution is 2.12. The molecule has 3 N–H and O–H groups in total. The van der Waals surface area contributed by atoms with Gasteiger partial charge in [0.15, 0.2) is 0 Å². The summed E-state index contributed by atoms with van der Waals surface area (Å²) in [6.45, 7) is -1.57. The van der Waals surface area contributed by atoms with Gasteiger partial charge in [-0.05, 0) is 24.3 Å². The zero-order valence-corrected chi connectivity index (χ0v) is 9.37. The predicted molar refractivity (Wildman–Crippen MR) is 59.3 cm³/mol. The third-order valence-corrected chi connectivity index (χ3v) is 2.16. The van der Waals surface area contributed by atoms with Crippen molar-refractivity contribution < 1.29 is 18.3 Å². The van der Waals surface area contributed by atoms with E-state index in [0.29, 0.717) is 11.3 Å². The third-order valence-electron chi connectivity index (χ3n) is 2.16. The number of benzene rings is 1. The van der Waals surface area contributed by atoms with Crippen LogP contribution in [0.25, 0.3) is 0 Å². The summed E-state index contributed by atoms with van der Waals surface area (Å²) in [5, 5.41) is 2.12. The smallest absolute Gasteiger partial charge is 0.277 e. The summed E-state index contributed by atoms with van der Waals surface area (Å²) in [5.74, 6) is -3.06. The van der Waals surface area contributed by atoms with Crippen LogP contribution < -0.4 is 15.8 Å². The molecule has 0 fully saturated rings. The molecule has 0 bridgehead atoms. The molecular formula is C11H14F2N2O2. The lowest BCUT2D eigenvalue weighted by Crippen LogP contribution is -2.41. The lowest BCUT2D eigenvalue weighted by molar-refractivity contribution is 0.0118. The molecule has 1 rings (SSSR count). The van der Waals surface area contributed by atoms with Crippen molar-refractivity contribution in [3.63, 3.8) is 0 Å². The number of nitrogens with one attached hydrogen (secondary N) is 1. The summed E-state index contributed by atoms with van der Waals surface area (Å²) in [7, 11) is 1.50. The number of alkyl halides is 2. The molecule has 0 radical (unpaired) electrons. The van der Waals surface area contributed by atoms with Gasteiger partial charge < -0.3 is 15.8 Å². The number of methoxy groups -OCH3 is 1. The quantitative estimate of drug-likeness (QED) is 0.812. The molecule has 0 saturated carbocycles. The van der Waals surface area contributed by atoms with E-state index in [4.69, 9.17) is 10.5 Å². The van der Waals surface area contributed by atoms with Gasteiger partial charge in [0.1, 0.15) is 5.75 Å². The minimum absolute atomic E-state index is 0.290. The summed E-state index contributed by atoms with van der Waals surface area (Å²) in [6.07, 6.45) is 0. The number of amides is 1. The Morgan fingerprint density at radius 3 is 2.47 bits per heavy atom. The van der Waals surface area contributed by atoms with Crippen LogP contribution in [0.15, 0.2) is 24.3 Å². The first-order chi connectivity index (χ1) is 7.98. The van der Waals surface area contributed by atoms with E-state index < -0.39 is 24.9 Å². The van der Waals surface area contributed by atoms with Gasteiger partial charge in [0.05, 0.1) is 20.2 Å². The molecule has 0 saturated heterocycles. The van der Waals surface area contributed by atoms with E-state index in [1.807, 2.05) is 0 Å². The Morgan fingerprint density at radius 2 is 2.00 bits per heavy atom. The van der Waals surface area contributed by atoms with E-state index in [9.17, 15) is 13.6 Å². The molecule has 0 spiro atoms. The summed E-state index contributed by atoms with van der Waals surface area (Å²) in [6, 6.07) is 6.15. The highest BCUT2D eigenvalue weighted by molar-refractivity contribution is 5.94. The Hall–Kier alpha value is -1.69. The monoisotopic (exact) mass is 244 g/mol. The number of hydrogen-bond donors (Lipinski definition) is 2. The maximum atomic E-state index is 12.8. The topological polar surface area (TPSA) is 64.3 Å². The van der Waals surface area contributed by atoms with Gasteiger partial charge in [0, 0.05) is 5.56 Å². The molecule has 0 unspecified atom stereocenters. The second kappa shape index (κ2) is 5.58. The molecule has 0 aliphatic heterocycles. The number of halogens is 2. The molecule has 1 amide bonds. The lowest BCUT2D eigenvalue weighted by atomic mass is 10.2. The van der Waals surface area contributed by atoms with Crippen molar-refractivity contribution in [1.82, 2.24) is 5.32 Å². The molecule has 0 heterocycles. The molecule has 0 atom stereocenters. The fourth-order valence-electron chi connectivity index (χ4n) is 1.13. The van der Waals surface area contributed by atoms with Gasteiger partial charge in [-0.1, -0.05) is 0 Å². The van der Waals surface area contributed by atoms with Crippen molar-refractivity contribution in [2.75, 3.05) is 20.2 Å². The normalized spacial score (nSPS) is 11.1. The Labute approximate surface area is 97.8 Å². The van der Waals surface area contributed by atoms with Crippen LogP contribution in [0.2, 0.25) is 0 Å². The van der Waals surface area contributed by atoms with Crippen LogP contribution >= 0.6 is 0 Å². The van der Waals surface area contributed by atoms with Gasteiger partial charge in [0.25, 0.3) is 11.8 Å². The summed E-state index contributed by atoms with van der Waals surface area (Å²) in [5.41, 5.74) is 5.14. The van der Waals surface area contributed by atoms with Gasteiger partial charge >= 0.3 is 0 Å². The Morgan fingerprint density at radius 1 is 1.41 bits per heavy atom. The van der Waals surface area contributed by atoms with Crippen molar-refractivity contribution in [2.24, 2.45) is 5.73 Å². The SMILES string of the molecule is COc1ccc(C(=O)NCC(F)(F)CN)cc1. The molecule has 1 aromatic carbocycles. The van der Waals surface area contributed by atoms with Crippen molar-refractivity contribution in [1.29, 1.82) is 0 Å². The summed E-state index contributed by atoms with van der Waals surface area (Å²) < 4.78 is 30.5.